The van der Waals surface area contributed by atoms with E-state index in [4.69, 9.17) is 5.11 Å². The largest absolute Gasteiger partial charge is 0.481 e. The molecule has 0 aliphatic carbocycles. The van der Waals surface area contributed by atoms with Gasteiger partial charge in [-0.15, -0.1) is 11.3 Å². The lowest BCUT2D eigenvalue weighted by molar-refractivity contribution is -0.137. The third-order valence-electron chi connectivity index (χ3n) is 4.11. The summed E-state index contributed by atoms with van der Waals surface area (Å²) >= 11 is 5.85. The number of rotatable bonds is 6. The molecule has 0 aromatic carbocycles. The molecule has 0 saturated carbocycles. The van der Waals surface area contributed by atoms with Crippen LogP contribution in [0.1, 0.15) is 12.1 Å². The lowest BCUT2D eigenvalue weighted by Gasteiger charge is -2.11. The monoisotopic (exact) mass is 492 g/mol. The quantitative estimate of drug-likeness (QED) is 0.325. The second-order valence-electron chi connectivity index (χ2n) is 6.08. The maximum atomic E-state index is 12.7. The summed E-state index contributed by atoms with van der Waals surface area (Å²) in [6.45, 7) is 0.0270. The minimum atomic E-state index is -0.991. The first-order valence-corrected chi connectivity index (χ1v) is 11.1. The average molecular weight is 493 g/mol. The van der Waals surface area contributed by atoms with Gasteiger partial charge in [0.1, 0.15) is 10.3 Å². The van der Waals surface area contributed by atoms with Gasteiger partial charge in [-0.25, -0.2) is 9.97 Å². The number of pyridine rings is 1. The van der Waals surface area contributed by atoms with Crippen molar-refractivity contribution in [3.8, 4) is 0 Å². The Balaban J connectivity index is 1.68. The Hall–Kier alpha value is -2.50. The Labute approximate surface area is 180 Å². The van der Waals surface area contributed by atoms with Crippen molar-refractivity contribution in [1.82, 2.24) is 18.9 Å². The Morgan fingerprint density at radius 2 is 2.07 bits per heavy atom. The van der Waals surface area contributed by atoms with Crippen LogP contribution >= 0.6 is 39.0 Å². The van der Waals surface area contributed by atoms with Crippen LogP contribution in [0, 0.1) is 0 Å². The Bertz CT molecular complexity index is 1360. The van der Waals surface area contributed by atoms with E-state index in [9.17, 15) is 14.4 Å². The number of carbonyl (C=O) groups is 1. The summed E-state index contributed by atoms with van der Waals surface area (Å²) in [5.41, 5.74) is 1.17. The molecule has 0 bridgehead atoms. The van der Waals surface area contributed by atoms with Crippen molar-refractivity contribution in [2.75, 3.05) is 0 Å². The fraction of sp³-hybridized carbons (Fsp3) is 0.167. The van der Waals surface area contributed by atoms with Crippen molar-refractivity contribution in [3.05, 3.63) is 66.7 Å². The van der Waals surface area contributed by atoms with Gasteiger partial charge in [0.2, 0.25) is 0 Å². The van der Waals surface area contributed by atoms with Gasteiger partial charge in [0.25, 0.3) is 11.1 Å². The molecule has 0 aliphatic heterocycles. The van der Waals surface area contributed by atoms with Crippen LogP contribution in [0.15, 0.2) is 55.1 Å². The summed E-state index contributed by atoms with van der Waals surface area (Å²) in [7, 11) is 0. The molecule has 0 atom stereocenters. The lowest BCUT2D eigenvalue weighted by atomic mass is 10.4. The van der Waals surface area contributed by atoms with Gasteiger partial charge < -0.3 is 5.11 Å². The number of hydrogen-bond donors (Lipinski definition) is 1. The number of carboxylic acid groups (broad SMARTS) is 1. The Kier molecular flexibility index (Phi) is 5.52. The Morgan fingerprint density at radius 3 is 2.86 bits per heavy atom. The number of hydrogen-bond acceptors (Lipinski definition) is 7. The maximum absolute atomic E-state index is 12.7. The molecule has 8 nitrogen and oxygen atoms in total. The molecule has 0 radical (unpaired) electrons. The van der Waals surface area contributed by atoms with E-state index < -0.39 is 5.97 Å². The molecule has 148 valence electrons. The van der Waals surface area contributed by atoms with E-state index in [1.807, 2.05) is 0 Å². The lowest BCUT2D eigenvalue weighted by Crippen LogP contribution is -2.24. The summed E-state index contributed by atoms with van der Waals surface area (Å²) in [4.78, 5) is 45.1. The van der Waals surface area contributed by atoms with Crippen LogP contribution in [-0.2, 0) is 17.1 Å². The van der Waals surface area contributed by atoms with Gasteiger partial charge in [-0.1, -0.05) is 11.8 Å². The van der Waals surface area contributed by atoms with Gasteiger partial charge in [-0.2, -0.15) is 0 Å². The molecular weight excluding hydrogens is 480 g/mol. The molecule has 0 unspecified atom stereocenters. The third kappa shape index (κ3) is 4.11. The highest BCUT2D eigenvalue weighted by molar-refractivity contribution is 9.10. The first-order chi connectivity index (χ1) is 13.9. The van der Waals surface area contributed by atoms with Crippen molar-refractivity contribution in [2.45, 2.75) is 23.9 Å². The molecule has 29 heavy (non-hydrogen) atoms. The summed E-state index contributed by atoms with van der Waals surface area (Å²) in [5, 5.41) is 11.2. The fourth-order valence-electron chi connectivity index (χ4n) is 2.78. The van der Waals surface area contributed by atoms with Gasteiger partial charge in [0.05, 0.1) is 17.6 Å². The highest BCUT2D eigenvalue weighted by Gasteiger charge is 2.14. The minimum Gasteiger partial charge on any atom is -0.481 e. The van der Waals surface area contributed by atoms with Gasteiger partial charge in [-0.05, 0) is 39.5 Å². The molecule has 0 aliphatic rings. The minimum absolute atomic E-state index is 0.0270. The summed E-state index contributed by atoms with van der Waals surface area (Å²) < 4.78 is 4.08. The maximum Gasteiger partial charge on any atom is 0.305 e. The second kappa shape index (κ2) is 8.09. The molecule has 0 fully saturated rings. The van der Waals surface area contributed by atoms with Crippen molar-refractivity contribution >= 4 is 60.9 Å². The number of carboxylic acids is 1. The smallest absolute Gasteiger partial charge is 0.305 e. The predicted octanol–water partition coefficient (Wildman–Crippen LogP) is 3.00. The summed E-state index contributed by atoms with van der Waals surface area (Å²) in [5.74, 6) is -0.675. The summed E-state index contributed by atoms with van der Waals surface area (Å²) in [6.07, 6.45) is 1.47. The molecule has 0 amide bonds. The van der Waals surface area contributed by atoms with Crippen molar-refractivity contribution in [2.24, 2.45) is 0 Å². The van der Waals surface area contributed by atoms with Crippen LogP contribution in [0.2, 0.25) is 0 Å². The number of nitrogens with zero attached hydrogens (tertiary/aromatic N) is 4. The van der Waals surface area contributed by atoms with Crippen molar-refractivity contribution < 1.29 is 9.90 Å². The van der Waals surface area contributed by atoms with Crippen molar-refractivity contribution in [1.29, 1.82) is 0 Å². The molecular formula is C18H13BrN4O4S2. The van der Waals surface area contributed by atoms with Gasteiger partial charge >= 0.3 is 5.97 Å². The highest BCUT2D eigenvalue weighted by Crippen LogP contribution is 2.23. The molecule has 4 aromatic heterocycles. The van der Waals surface area contributed by atoms with Gasteiger partial charge in [-0.3, -0.25) is 23.4 Å². The number of fused-ring (bicyclic) bond motifs is 2. The van der Waals surface area contributed by atoms with Crippen LogP contribution in [0.3, 0.4) is 0 Å². The van der Waals surface area contributed by atoms with Crippen LogP contribution in [0.25, 0.3) is 15.9 Å². The normalized spacial score (nSPS) is 11.3. The molecule has 4 rings (SSSR count). The predicted molar refractivity (Wildman–Crippen MR) is 115 cm³/mol. The number of aliphatic carboxylic acids is 1. The number of thiophene rings is 1. The van der Waals surface area contributed by atoms with Crippen LogP contribution < -0.4 is 11.1 Å². The number of thioether (sulfide) groups is 1. The van der Waals surface area contributed by atoms with E-state index in [0.29, 0.717) is 32.5 Å². The van der Waals surface area contributed by atoms with E-state index in [1.165, 1.54) is 38.1 Å². The first kappa shape index (κ1) is 19.8. The highest BCUT2D eigenvalue weighted by atomic mass is 79.9. The first-order valence-electron chi connectivity index (χ1n) is 8.43. The van der Waals surface area contributed by atoms with Gasteiger partial charge in [0, 0.05) is 29.0 Å². The topological polar surface area (TPSA) is 107 Å². The fourth-order valence-corrected chi connectivity index (χ4v) is 4.81. The average Bonchev–Trinajstić information content (AvgIpc) is 3.15. The van der Waals surface area contributed by atoms with Crippen LogP contribution in [0.4, 0.5) is 0 Å². The summed E-state index contributed by atoms with van der Waals surface area (Å²) in [6, 6.07) is 6.73. The molecule has 4 aromatic rings. The van der Waals surface area contributed by atoms with E-state index in [2.05, 4.69) is 25.9 Å². The SMILES string of the molecule is O=C(O)CCn1c(SCc2cc(=O)n3cc(Br)ccc3n2)nc2ccsc2c1=O. The number of halogens is 1. The van der Waals surface area contributed by atoms with Crippen LogP contribution in [0.5, 0.6) is 0 Å². The second-order valence-corrected chi connectivity index (χ2v) is 8.85. The zero-order valence-electron chi connectivity index (χ0n) is 14.7. The third-order valence-corrected chi connectivity index (χ3v) is 6.48. The Morgan fingerprint density at radius 1 is 1.24 bits per heavy atom. The standard InChI is InChI=1S/C18H13BrN4O4S2/c19-10-1-2-13-20-11(7-14(24)23(13)8-10)9-29-18-21-12-4-6-28-16(12)17(27)22(18)5-3-15(25)26/h1-2,4,6-8H,3,5,9H2,(H,25,26). The molecule has 1 N–H and O–H groups in total. The van der Waals surface area contributed by atoms with Gasteiger partial charge in [0.15, 0.2) is 5.16 Å². The van der Waals surface area contributed by atoms with E-state index >= 15 is 0 Å². The molecule has 11 heteroatoms. The van der Waals surface area contributed by atoms with Crippen molar-refractivity contribution in [3.63, 3.8) is 0 Å². The molecule has 4 heterocycles. The molecule has 0 spiro atoms. The van der Waals surface area contributed by atoms with E-state index in [-0.39, 0.29) is 24.1 Å². The molecule has 0 saturated heterocycles. The zero-order valence-corrected chi connectivity index (χ0v) is 18.0. The van der Waals surface area contributed by atoms with E-state index in [0.717, 1.165) is 4.47 Å². The zero-order chi connectivity index (χ0) is 20.5. The van der Waals surface area contributed by atoms with E-state index in [1.54, 1.807) is 29.8 Å². The number of aromatic nitrogens is 4. The van der Waals surface area contributed by atoms with Crippen LogP contribution in [-0.4, -0.2) is 30.0 Å².